The summed E-state index contributed by atoms with van der Waals surface area (Å²) < 4.78 is 10.2. The Bertz CT molecular complexity index is 455. The molecule has 146 valence electrons. The van der Waals surface area contributed by atoms with Crippen LogP contribution < -0.4 is 5.32 Å². The quantitative estimate of drug-likeness (QED) is 0.714. The molecule has 0 unspecified atom stereocenters. The average molecular weight is 357 g/mol. The Kier molecular flexibility index (Phi) is 7.72. The minimum Gasteiger partial charge on any atom is -0.469 e. The summed E-state index contributed by atoms with van der Waals surface area (Å²) in [7, 11) is 1.32. The molecule has 1 rings (SSSR count). The normalized spacial score (nSPS) is 27.9. The van der Waals surface area contributed by atoms with Crippen LogP contribution in [0.1, 0.15) is 60.8 Å². The van der Waals surface area contributed by atoms with Gasteiger partial charge in [-0.05, 0) is 39.0 Å². The van der Waals surface area contributed by atoms with Crippen molar-refractivity contribution in [1.82, 2.24) is 5.32 Å². The van der Waals surface area contributed by atoms with Gasteiger partial charge in [0, 0.05) is 12.0 Å². The van der Waals surface area contributed by atoms with E-state index in [1.807, 2.05) is 0 Å². The fraction of sp³-hybridized carbons (Fsp3) is 0.895. The summed E-state index contributed by atoms with van der Waals surface area (Å²) in [6.45, 7) is 11.8. The molecule has 0 heterocycles. The summed E-state index contributed by atoms with van der Waals surface area (Å²) in [5.74, 6) is -0.672. The Morgan fingerprint density at radius 1 is 1.24 bits per heavy atom. The largest absolute Gasteiger partial charge is 0.469 e. The zero-order valence-electron chi connectivity index (χ0n) is 16.7. The molecular weight excluding hydrogens is 322 g/mol. The summed E-state index contributed by atoms with van der Waals surface area (Å²) >= 11 is 0. The van der Waals surface area contributed by atoms with Crippen LogP contribution in [0.15, 0.2) is 0 Å². The Labute approximate surface area is 151 Å². The van der Waals surface area contributed by atoms with Gasteiger partial charge in [0.15, 0.2) is 0 Å². The van der Waals surface area contributed by atoms with E-state index >= 15 is 0 Å². The molecule has 1 fully saturated rings. The van der Waals surface area contributed by atoms with Gasteiger partial charge >= 0.3 is 12.1 Å². The van der Waals surface area contributed by atoms with Gasteiger partial charge in [-0.1, -0.05) is 33.6 Å². The second-order valence-corrected chi connectivity index (χ2v) is 8.12. The number of esters is 1. The molecule has 0 radical (unpaired) electrons. The summed E-state index contributed by atoms with van der Waals surface area (Å²) in [4.78, 5) is 24.2. The topological polar surface area (TPSA) is 84.9 Å². The molecule has 0 aliphatic heterocycles. The number of carbonyl (C=O) groups excluding carboxylic acids is 2. The Hall–Kier alpha value is -1.30. The van der Waals surface area contributed by atoms with E-state index in [4.69, 9.17) is 9.47 Å². The minimum atomic E-state index is -0.831. The third kappa shape index (κ3) is 5.59. The van der Waals surface area contributed by atoms with Crippen molar-refractivity contribution >= 4 is 12.1 Å². The standard InChI is InChI=1S/C19H35NO5/c1-8-12(9-2)11(3)15-14(20-18(23)25-19(4,5)6)10-13(16(15)21)17(22)24-7/h11-16,21H,8-10H2,1-7H3,(H,20,23)/t11-,13-,14+,15-,16+/m0/s1. The minimum absolute atomic E-state index is 0.166. The van der Waals surface area contributed by atoms with Gasteiger partial charge in [0.25, 0.3) is 0 Å². The molecule has 1 amide bonds. The molecule has 0 aromatic heterocycles. The molecule has 1 aliphatic carbocycles. The number of methoxy groups -OCH3 is 1. The molecule has 2 N–H and O–H groups in total. The molecule has 0 bridgehead atoms. The van der Waals surface area contributed by atoms with E-state index in [2.05, 4.69) is 26.1 Å². The molecule has 0 aromatic carbocycles. The smallest absolute Gasteiger partial charge is 0.407 e. The fourth-order valence-corrected chi connectivity index (χ4v) is 4.10. The molecule has 25 heavy (non-hydrogen) atoms. The second kappa shape index (κ2) is 8.88. The molecule has 5 atom stereocenters. The van der Waals surface area contributed by atoms with Crippen LogP contribution in [0.4, 0.5) is 4.79 Å². The lowest BCUT2D eigenvalue weighted by molar-refractivity contribution is -0.149. The van der Waals surface area contributed by atoms with E-state index in [9.17, 15) is 14.7 Å². The van der Waals surface area contributed by atoms with E-state index in [1.165, 1.54) is 7.11 Å². The van der Waals surface area contributed by atoms with Crippen molar-refractivity contribution in [1.29, 1.82) is 0 Å². The zero-order chi connectivity index (χ0) is 19.4. The zero-order valence-corrected chi connectivity index (χ0v) is 16.7. The lowest BCUT2D eigenvalue weighted by atomic mass is 9.76. The lowest BCUT2D eigenvalue weighted by Crippen LogP contribution is -2.45. The number of amides is 1. The Balaban J connectivity index is 3.00. The number of aliphatic hydroxyl groups excluding tert-OH is 1. The van der Waals surface area contributed by atoms with Crippen molar-refractivity contribution in [2.75, 3.05) is 7.11 Å². The highest BCUT2D eigenvalue weighted by atomic mass is 16.6. The first-order valence-corrected chi connectivity index (χ1v) is 9.31. The summed E-state index contributed by atoms with van der Waals surface area (Å²) in [5, 5.41) is 13.7. The molecule has 0 spiro atoms. The maximum atomic E-state index is 12.2. The first-order chi connectivity index (χ1) is 11.6. The number of aliphatic hydroxyl groups is 1. The number of rotatable bonds is 6. The highest BCUT2D eigenvalue weighted by molar-refractivity contribution is 5.74. The maximum absolute atomic E-state index is 12.2. The number of hydrogen-bond acceptors (Lipinski definition) is 5. The van der Waals surface area contributed by atoms with E-state index < -0.39 is 29.7 Å². The summed E-state index contributed by atoms with van der Waals surface area (Å²) in [6, 6.07) is -0.315. The van der Waals surface area contributed by atoms with Gasteiger partial charge in [-0.2, -0.15) is 0 Å². The number of alkyl carbamates (subject to hydrolysis) is 1. The summed E-state index contributed by atoms with van der Waals surface area (Å²) in [5.41, 5.74) is -0.598. The van der Waals surface area contributed by atoms with E-state index in [-0.39, 0.29) is 17.9 Å². The monoisotopic (exact) mass is 357 g/mol. The predicted molar refractivity (Wildman–Crippen MR) is 96.0 cm³/mol. The van der Waals surface area contributed by atoms with Crippen molar-refractivity contribution in [3.63, 3.8) is 0 Å². The van der Waals surface area contributed by atoms with Crippen molar-refractivity contribution in [3.05, 3.63) is 0 Å². The molecule has 0 saturated heterocycles. The predicted octanol–water partition coefficient (Wildman–Crippen LogP) is 3.12. The van der Waals surface area contributed by atoms with Crippen LogP contribution in [0.2, 0.25) is 0 Å². The number of ether oxygens (including phenoxy) is 2. The van der Waals surface area contributed by atoms with Gasteiger partial charge in [0.2, 0.25) is 0 Å². The Morgan fingerprint density at radius 3 is 2.24 bits per heavy atom. The van der Waals surface area contributed by atoms with Crippen molar-refractivity contribution in [2.45, 2.75) is 78.6 Å². The molecular formula is C19H35NO5. The maximum Gasteiger partial charge on any atom is 0.407 e. The molecule has 1 aliphatic rings. The van der Waals surface area contributed by atoms with Gasteiger partial charge in [-0.3, -0.25) is 4.79 Å². The molecule has 6 nitrogen and oxygen atoms in total. The van der Waals surface area contributed by atoms with E-state index in [1.54, 1.807) is 20.8 Å². The third-order valence-electron chi connectivity index (χ3n) is 5.38. The van der Waals surface area contributed by atoms with Crippen LogP contribution >= 0.6 is 0 Å². The van der Waals surface area contributed by atoms with Gasteiger partial charge in [0.1, 0.15) is 5.60 Å². The van der Waals surface area contributed by atoms with Crippen molar-refractivity contribution in [2.24, 2.45) is 23.7 Å². The van der Waals surface area contributed by atoms with E-state index in [0.29, 0.717) is 12.3 Å². The summed E-state index contributed by atoms with van der Waals surface area (Å²) in [6.07, 6.45) is 0.994. The number of hydrogen-bond donors (Lipinski definition) is 2. The van der Waals surface area contributed by atoms with Crippen LogP contribution in [0.25, 0.3) is 0 Å². The van der Waals surface area contributed by atoms with Gasteiger partial charge < -0.3 is 19.9 Å². The van der Waals surface area contributed by atoms with Crippen LogP contribution in [-0.2, 0) is 14.3 Å². The molecule has 0 aromatic rings. The average Bonchev–Trinajstić information content (AvgIpc) is 2.81. The van der Waals surface area contributed by atoms with Crippen LogP contribution in [0, 0.1) is 23.7 Å². The van der Waals surface area contributed by atoms with Gasteiger partial charge in [0.05, 0.1) is 19.1 Å². The molecule has 6 heteroatoms. The molecule has 1 saturated carbocycles. The van der Waals surface area contributed by atoms with Crippen LogP contribution in [0.5, 0.6) is 0 Å². The number of nitrogens with one attached hydrogen (secondary N) is 1. The first-order valence-electron chi connectivity index (χ1n) is 9.31. The lowest BCUT2D eigenvalue weighted by Gasteiger charge is -2.34. The van der Waals surface area contributed by atoms with Crippen molar-refractivity contribution < 1.29 is 24.2 Å². The number of carbonyl (C=O) groups is 2. The van der Waals surface area contributed by atoms with Gasteiger partial charge in [-0.25, -0.2) is 4.79 Å². The highest BCUT2D eigenvalue weighted by Crippen LogP contribution is 2.41. The second-order valence-electron chi connectivity index (χ2n) is 8.12. The van der Waals surface area contributed by atoms with Crippen molar-refractivity contribution in [3.8, 4) is 0 Å². The fourth-order valence-electron chi connectivity index (χ4n) is 4.10. The van der Waals surface area contributed by atoms with Gasteiger partial charge in [-0.15, -0.1) is 0 Å². The first kappa shape index (κ1) is 21.7. The Morgan fingerprint density at radius 2 is 1.80 bits per heavy atom. The van der Waals surface area contributed by atoms with Crippen LogP contribution in [-0.4, -0.2) is 42.0 Å². The van der Waals surface area contributed by atoms with E-state index in [0.717, 1.165) is 12.8 Å². The highest BCUT2D eigenvalue weighted by Gasteiger charge is 2.50. The third-order valence-corrected chi connectivity index (χ3v) is 5.38. The SMILES string of the molecule is CCC(CC)[C@H](C)[C@@H]1[C@H](O)[C@@H](C(=O)OC)C[C@H]1NC(=O)OC(C)(C)C. The van der Waals surface area contributed by atoms with Crippen LogP contribution in [0.3, 0.4) is 0 Å².